The number of hydrogen-bond acceptors (Lipinski definition) is 5. The minimum Gasteiger partial charge on any atom is -0.361 e. The van der Waals surface area contributed by atoms with Crippen molar-refractivity contribution < 1.29 is 4.79 Å². The summed E-state index contributed by atoms with van der Waals surface area (Å²) in [6.07, 6.45) is 9.24. The molecule has 0 bridgehead atoms. The van der Waals surface area contributed by atoms with E-state index in [1.165, 1.54) is 11.3 Å². The van der Waals surface area contributed by atoms with Crippen LogP contribution < -0.4 is 5.32 Å². The lowest BCUT2D eigenvalue weighted by Gasteiger charge is -2.13. The molecule has 0 spiro atoms. The summed E-state index contributed by atoms with van der Waals surface area (Å²) in [5.41, 5.74) is 5.42. The van der Waals surface area contributed by atoms with Gasteiger partial charge in [0.1, 0.15) is 10.9 Å². The average Bonchev–Trinajstić information content (AvgIpc) is 3.55. The fraction of sp³-hybridized carbons (Fsp3) is 0.240. The van der Waals surface area contributed by atoms with Crippen molar-refractivity contribution in [2.45, 2.75) is 26.7 Å². The van der Waals surface area contributed by atoms with Gasteiger partial charge in [0.15, 0.2) is 0 Å². The molecule has 1 fully saturated rings. The number of carbonyl (C=O) groups excluding carboxylic acids is 1. The molecule has 1 amide bonds. The fourth-order valence-electron chi connectivity index (χ4n) is 4.34. The third kappa shape index (κ3) is 3.43. The second kappa shape index (κ2) is 8.13. The van der Waals surface area contributed by atoms with Gasteiger partial charge in [0.2, 0.25) is 5.91 Å². The van der Waals surface area contributed by atoms with E-state index >= 15 is 0 Å². The molecule has 2 N–H and O–H groups in total. The van der Waals surface area contributed by atoms with E-state index in [1.807, 2.05) is 36.2 Å². The van der Waals surface area contributed by atoms with Crippen molar-refractivity contribution >= 4 is 55.8 Å². The van der Waals surface area contributed by atoms with Crippen LogP contribution in [0.2, 0.25) is 0 Å². The first-order chi connectivity index (χ1) is 15.6. The van der Waals surface area contributed by atoms with Gasteiger partial charge in [-0.05, 0) is 62.1 Å². The number of aromatic nitrogens is 2. The summed E-state index contributed by atoms with van der Waals surface area (Å²) in [7, 11) is 0. The van der Waals surface area contributed by atoms with Crippen LogP contribution in [0.15, 0.2) is 36.7 Å². The molecule has 3 aromatic heterocycles. The van der Waals surface area contributed by atoms with Crippen LogP contribution in [0.1, 0.15) is 34.4 Å². The lowest BCUT2D eigenvalue weighted by Crippen LogP contribution is -2.25. The molecule has 1 aromatic carbocycles. The van der Waals surface area contributed by atoms with Gasteiger partial charge in [0.05, 0.1) is 11.3 Å². The van der Waals surface area contributed by atoms with Crippen molar-refractivity contribution in [1.82, 2.24) is 14.9 Å². The van der Waals surface area contributed by atoms with Gasteiger partial charge in [-0.15, -0.1) is 11.3 Å². The fourth-order valence-corrected chi connectivity index (χ4v) is 5.40. The number of nitrogens with one attached hydrogen (secondary N) is 2. The summed E-state index contributed by atoms with van der Waals surface area (Å²) < 4.78 is 0. The molecule has 0 radical (unpaired) electrons. The van der Waals surface area contributed by atoms with Crippen molar-refractivity contribution in [3.63, 3.8) is 0 Å². The Labute approximate surface area is 190 Å². The highest BCUT2D eigenvalue weighted by Crippen LogP contribution is 2.39. The number of rotatable bonds is 4. The normalized spacial score (nSPS) is 14.0. The van der Waals surface area contributed by atoms with E-state index in [0.29, 0.717) is 5.56 Å². The second-order valence-electron chi connectivity index (χ2n) is 8.10. The van der Waals surface area contributed by atoms with Crippen molar-refractivity contribution in [2.75, 3.05) is 18.4 Å². The van der Waals surface area contributed by atoms with Crippen LogP contribution in [-0.2, 0) is 4.79 Å². The Morgan fingerprint density at radius 2 is 2.06 bits per heavy atom. The van der Waals surface area contributed by atoms with Crippen molar-refractivity contribution in [3.8, 4) is 6.07 Å². The topological polar surface area (TPSA) is 84.8 Å². The maximum Gasteiger partial charge on any atom is 0.246 e. The van der Waals surface area contributed by atoms with Gasteiger partial charge in [0.25, 0.3) is 0 Å². The molecular formula is C25H23N5OS. The van der Waals surface area contributed by atoms with Crippen LogP contribution in [0.25, 0.3) is 27.2 Å². The molecule has 0 aliphatic carbocycles. The number of likely N-dealkylation sites (tertiary alicyclic amines) is 1. The molecule has 1 aliphatic rings. The number of hydrogen-bond donors (Lipinski definition) is 2. The van der Waals surface area contributed by atoms with Crippen molar-refractivity contribution in [2.24, 2.45) is 0 Å². The van der Waals surface area contributed by atoms with Crippen molar-refractivity contribution in [1.29, 1.82) is 5.26 Å². The first-order valence-electron chi connectivity index (χ1n) is 10.7. The minimum absolute atomic E-state index is 0.0545. The molecule has 0 unspecified atom stereocenters. The number of amides is 1. The van der Waals surface area contributed by atoms with Gasteiger partial charge in [-0.3, -0.25) is 4.79 Å². The van der Waals surface area contributed by atoms with Crippen LogP contribution in [0, 0.1) is 25.2 Å². The van der Waals surface area contributed by atoms with Crippen LogP contribution in [-0.4, -0.2) is 33.9 Å². The largest absolute Gasteiger partial charge is 0.361 e. The Bertz CT molecular complexity index is 1420. The molecule has 5 rings (SSSR count). The van der Waals surface area contributed by atoms with Gasteiger partial charge >= 0.3 is 0 Å². The Morgan fingerprint density at radius 3 is 2.84 bits per heavy atom. The Balaban J connectivity index is 1.56. The molecule has 6 nitrogen and oxygen atoms in total. The predicted octanol–water partition coefficient (Wildman–Crippen LogP) is 5.65. The minimum atomic E-state index is 0.0545. The number of thiophene rings is 1. The highest BCUT2D eigenvalue weighted by atomic mass is 32.1. The third-order valence-electron chi connectivity index (χ3n) is 6.17. The summed E-state index contributed by atoms with van der Waals surface area (Å²) in [6.45, 7) is 5.76. The lowest BCUT2D eigenvalue weighted by atomic mass is 10.1. The monoisotopic (exact) mass is 441 g/mol. The number of fused-ring (bicyclic) bond motifs is 2. The number of nitriles is 1. The SMILES string of the molecule is Cc1c(Nc2c(C#N)cnc3sc(C=CC(=O)N4CCCC4)c(C)c23)ccc2[nH]ccc12. The summed E-state index contributed by atoms with van der Waals surface area (Å²) in [4.78, 5) is 23.9. The van der Waals surface area contributed by atoms with Crippen LogP contribution in [0.3, 0.4) is 0 Å². The zero-order valence-electron chi connectivity index (χ0n) is 18.0. The molecule has 1 aliphatic heterocycles. The third-order valence-corrected chi connectivity index (χ3v) is 7.34. The van der Waals surface area contributed by atoms with E-state index in [0.717, 1.165) is 74.4 Å². The molecule has 4 aromatic rings. The molecule has 4 heterocycles. The van der Waals surface area contributed by atoms with Crippen LogP contribution in [0.4, 0.5) is 11.4 Å². The highest BCUT2D eigenvalue weighted by molar-refractivity contribution is 7.19. The van der Waals surface area contributed by atoms with Crippen LogP contribution in [0.5, 0.6) is 0 Å². The Hall–Kier alpha value is -3.63. The number of benzene rings is 1. The zero-order chi connectivity index (χ0) is 22.2. The number of carbonyl (C=O) groups is 1. The van der Waals surface area contributed by atoms with E-state index in [9.17, 15) is 10.1 Å². The molecular weight excluding hydrogens is 418 g/mol. The molecule has 32 heavy (non-hydrogen) atoms. The molecule has 0 saturated carbocycles. The first kappa shape index (κ1) is 20.3. The number of nitrogens with zero attached hydrogens (tertiary/aromatic N) is 3. The van der Waals surface area contributed by atoms with Gasteiger partial charge in [0, 0.05) is 58.4 Å². The first-order valence-corrected chi connectivity index (χ1v) is 11.5. The van der Waals surface area contributed by atoms with Gasteiger partial charge in [-0.25, -0.2) is 4.98 Å². The number of H-pyrrole nitrogens is 1. The highest BCUT2D eigenvalue weighted by Gasteiger charge is 2.19. The predicted molar refractivity (Wildman–Crippen MR) is 130 cm³/mol. The molecule has 0 atom stereocenters. The molecule has 7 heteroatoms. The maximum atomic E-state index is 12.4. The average molecular weight is 442 g/mol. The lowest BCUT2D eigenvalue weighted by molar-refractivity contribution is -0.124. The molecule has 1 saturated heterocycles. The van der Waals surface area contributed by atoms with E-state index < -0.39 is 0 Å². The van der Waals surface area contributed by atoms with Crippen molar-refractivity contribution in [3.05, 3.63) is 58.2 Å². The quantitative estimate of drug-likeness (QED) is 0.401. The summed E-state index contributed by atoms with van der Waals surface area (Å²) in [5.74, 6) is 0.0545. The van der Waals surface area contributed by atoms with Crippen LogP contribution >= 0.6 is 11.3 Å². The zero-order valence-corrected chi connectivity index (χ0v) is 18.8. The number of pyridine rings is 1. The maximum absolute atomic E-state index is 12.4. The van der Waals surface area contributed by atoms with Gasteiger partial charge in [-0.1, -0.05) is 0 Å². The Morgan fingerprint density at radius 1 is 1.25 bits per heavy atom. The second-order valence-corrected chi connectivity index (χ2v) is 9.13. The van der Waals surface area contributed by atoms with E-state index in [2.05, 4.69) is 34.3 Å². The summed E-state index contributed by atoms with van der Waals surface area (Å²) in [5, 5.41) is 15.3. The summed E-state index contributed by atoms with van der Waals surface area (Å²) >= 11 is 1.54. The van der Waals surface area contributed by atoms with E-state index in [-0.39, 0.29) is 5.91 Å². The number of aromatic amines is 1. The molecule has 160 valence electrons. The Kier molecular flexibility index (Phi) is 5.16. The smallest absolute Gasteiger partial charge is 0.246 e. The number of aryl methyl sites for hydroxylation is 2. The summed E-state index contributed by atoms with van der Waals surface area (Å²) in [6, 6.07) is 8.39. The van der Waals surface area contributed by atoms with Gasteiger partial charge < -0.3 is 15.2 Å². The van der Waals surface area contributed by atoms with E-state index in [1.54, 1.807) is 12.3 Å². The standard InChI is InChI=1S/C25H23N5OS/c1-15-18-9-10-27-20(18)6-5-19(15)29-24-17(13-26)14-28-25-23(24)16(2)21(32-25)7-8-22(31)30-11-3-4-12-30/h5-10,14,27H,3-4,11-12H2,1-2H3,(H,28,29). The van der Waals surface area contributed by atoms with E-state index in [4.69, 9.17) is 0 Å². The van der Waals surface area contributed by atoms with Gasteiger partial charge in [-0.2, -0.15) is 5.26 Å². The number of anilines is 2.